The first-order valence-corrected chi connectivity index (χ1v) is 9.14. The Balaban J connectivity index is 1.81. The fraction of sp³-hybridized carbons (Fsp3) is 0.889. The highest BCUT2D eigenvalue weighted by molar-refractivity contribution is 6.06. The van der Waals surface area contributed by atoms with Crippen LogP contribution in [0.4, 0.5) is 0 Å². The van der Waals surface area contributed by atoms with Gasteiger partial charge in [0.1, 0.15) is 5.41 Å². The van der Waals surface area contributed by atoms with Gasteiger partial charge in [-0.1, -0.05) is 38.5 Å². The molecule has 124 valence electrons. The zero-order valence-corrected chi connectivity index (χ0v) is 14.1. The molecular formula is C18H30N2O2. The van der Waals surface area contributed by atoms with Gasteiger partial charge in [0.15, 0.2) is 0 Å². The molecule has 0 radical (unpaired) electrons. The van der Waals surface area contributed by atoms with E-state index >= 15 is 0 Å². The van der Waals surface area contributed by atoms with Crippen molar-refractivity contribution in [2.75, 3.05) is 6.67 Å². The number of hydrogen-bond donors (Lipinski definition) is 0. The summed E-state index contributed by atoms with van der Waals surface area (Å²) in [5.74, 6) is 0.105. The molecule has 2 amide bonds. The van der Waals surface area contributed by atoms with Crippen molar-refractivity contribution in [3.8, 4) is 0 Å². The number of carbonyl (C=O) groups excluding carboxylic acids is 2. The zero-order valence-electron chi connectivity index (χ0n) is 14.1. The highest BCUT2D eigenvalue weighted by Crippen LogP contribution is 2.35. The summed E-state index contributed by atoms with van der Waals surface area (Å²) < 4.78 is 0. The summed E-state index contributed by atoms with van der Waals surface area (Å²) in [6.07, 6.45) is 11.9. The van der Waals surface area contributed by atoms with Crippen LogP contribution in [0.25, 0.3) is 0 Å². The minimum atomic E-state index is -0.882. The van der Waals surface area contributed by atoms with Crippen LogP contribution in [0.2, 0.25) is 0 Å². The average Bonchev–Trinajstić information content (AvgIpc) is 2.55. The van der Waals surface area contributed by atoms with Crippen molar-refractivity contribution >= 4 is 11.8 Å². The monoisotopic (exact) mass is 306 g/mol. The molecule has 4 nitrogen and oxygen atoms in total. The maximum Gasteiger partial charge on any atom is 0.239 e. The lowest BCUT2D eigenvalue weighted by Gasteiger charge is -2.49. The molecule has 3 aliphatic rings. The first kappa shape index (κ1) is 15.8. The van der Waals surface area contributed by atoms with E-state index in [1.807, 2.05) is 23.6 Å². The Morgan fingerprint density at radius 1 is 0.727 bits per heavy atom. The number of hydrogen-bond acceptors (Lipinski definition) is 2. The van der Waals surface area contributed by atoms with E-state index in [0.717, 1.165) is 25.7 Å². The van der Waals surface area contributed by atoms with Gasteiger partial charge in [-0.25, -0.2) is 0 Å². The number of amides is 2. The molecule has 0 aromatic rings. The van der Waals surface area contributed by atoms with Gasteiger partial charge in [-0.05, 0) is 39.5 Å². The number of carbonyl (C=O) groups is 2. The average molecular weight is 306 g/mol. The normalized spacial score (nSPS) is 28.3. The van der Waals surface area contributed by atoms with Gasteiger partial charge in [-0.15, -0.1) is 0 Å². The summed E-state index contributed by atoms with van der Waals surface area (Å²) in [7, 11) is 0. The molecular weight excluding hydrogens is 276 g/mol. The fourth-order valence-corrected chi connectivity index (χ4v) is 4.45. The molecule has 3 rings (SSSR count). The van der Waals surface area contributed by atoms with Gasteiger partial charge in [0.2, 0.25) is 11.8 Å². The van der Waals surface area contributed by atoms with E-state index in [0.29, 0.717) is 18.8 Å². The molecule has 0 N–H and O–H groups in total. The van der Waals surface area contributed by atoms with E-state index in [2.05, 4.69) is 0 Å². The molecule has 0 unspecified atom stereocenters. The third-order valence-corrected chi connectivity index (χ3v) is 5.93. The Hall–Kier alpha value is -1.06. The molecule has 2 aliphatic carbocycles. The van der Waals surface area contributed by atoms with Crippen LogP contribution >= 0.6 is 0 Å². The smallest absolute Gasteiger partial charge is 0.239 e. The highest BCUT2D eigenvalue weighted by atomic mass is 16.2. The summed E-state index contributed by atoms with van der Waals surface area (Å²) in [5.41, 5.74) is -0.882. The van der Waals surface area contributed by atoms with Crippen molar-refractivity contribution in [1.29, 1.82) is 0 Å². The van der Waals surface area contributed by atoms with Crippen LogP contribution in [0.15, 0.2) is 0 Å². The minimum Gasteiger partial charge on any atom is -0.321 e. The Kier molecular flexibility index (Phi) is 4.47. The molecule has 22 heavy (non-hydrogen) atoms. The first-order valence-electron chi connectivity index (χ1n) is 9.14. The topological polar surface area (TPSA) is 40.6 Å². The second kappa shape index (κ2) is 6.21. The van der Waals surface area contributed by atoms with Crippen molar-refractivity contribution in [2.24, 2.45) is 5.41 Å². The predicted molar refractivity (Wildman–Crippen MR) is 86.1 cm³/mol. The summed E-state index contributed by atoms with van der Waals surface area (Å²) >= 11 is 0. The van der Waals surface area contributed by atoms with Crippen molar-refractivity contribution in [1.82, 2.24) is 9.80 Å². The Bertz CT molecular complexity index is 396. The Labute approximate surface area is 134 Å². The van der Waals surface area contributed by atoms with E-state index in [4.69, 9.17) is 0 Å². The summed E-state index contributed by atoms with van der Waals surface area (Å²) in [4.78, 5) is 29.8. The second-order valence-electron chi connectivity index (χ2n) is 7.90. The molecule has 0 spiro atoms. The van der Waals surface area contributed by atoms with Gasteiger partial charge in [0.05, 0.1) is 6.67 Å². The Morgan fingerprint density at radius 2 is 1.09 bits per heavy atom. The van der Waals surface area contributed by atoms with E-state index in [1.54, 1.807) is 0 Å². The maximum absolute atomic E-state index is 12.9. The fourth-order valence-electron chi connectivity index (χ4n) is 4.45. The van der Waals surface area contributed by atoms with Crippen LogP contribution in [0.3, 0.4) is 0 Å². The molecule has 1 saturated heterocycles. The van der Waals surface area contributed by atoms with E-state index in [1.165, 1.54) is 38.5 Å². The summed E-state index contributed by atoms with van der Waals surface area (Å²) in [5, 5.41) is 0. The third kappa shape index (κ3) is 2.77. The number of nitrogens with zero attached hydrogens (tertiary/aromatic N) is 2. The lowest BCUT2D eigenvalue weighted by atomic mass is 9.83. The van der Waals surface area contributed by atoms with Crippen molar-refractivity contribution < 1.29 is 9.59 Å². The van der Waals surface area contributed by atoms with E-state index in [-0.39, 0.29) is 11.8 Å². The molecule has 0 aromatic carbocycles. The van der Waals surface area contributed by atoms with Gasteiger partial charge in [0, 0.05) is 12.1 Å². The minimum absolute atomic E-state index is 0.0523. The van der Waals surface area contributed by atoms with Crippen LogP contribution in [-0.4, -0.2) is 40.4 Å². The van der Waals surface area contributed by atoms with Crippen molar-refractivity contribution in [3.63, 3.8) is 0 Å². The molecule has 1 heterocycles. The lowest BCUT2D eigenvalue weighted by molar-refractivity contribution is -0.172. The van der Waals surface area contributed by atoms with E-state index in [9.17, 15) is 9.59 Å². The highest BCUT2D eigenvalue weighted by Gasteiger charge is 2.50. The largest absolute Gasteiger partial charge is 0.321 e. The van der Waals surface area contributed by atoms with Crippen LogP contribution in [0.1, 0.15) is 78.1 Å². The first-order chi connectivity index (χ1) is 10.5. The van der Waals surface area contributed by atoms with E-state index < -0.39 is 5.41 Å². The molecule has 1 aliphatic heterocycles. The van der Waals surface area contributed by atoms with Gasteiger partial charge in [-0.3, -0.25) is 9.59 Å². The molecule has 0 aromatic heterocycles. The van der Waals surface area contributed by atoms with Crippen molar-refractivity contribution in [2.45, 2.75) is 90.1 Å². The van der Waals surface area contributed by atoms with Gasteiger partial charge in [-0.2, -0.15) is 0 Å². The van der Waals surface area contributed by atoms with Crippen LogP contribution in [0, 0.1) is 5.41 Å². The van der Waals surface area contributed by atoms with Crippen LogP contribution in [-0.2, 0) is 9.59 Å². The summed E-state index contributed by atoms with van der Waals surface area (Å²) in [6, 6.07) is 0.694. The van der Waals surface area contributed by atoms with Crippen LogP contribution in [0.5, 0.6) is 0 Å². The third-order valence-electron chi connectivity index (χ3n) is 5.93. The standard InChI is InChI=1S/C18H30N2O2/c1-18(2)16(21)19(14-9-5-3-6-10-14)13-20(17(18)22)15-11-7-4-8-12-15/h14-15H,3-13H2,1-2H3. The number of rotatable bonds is 2. The van der Waals surface area contributed by atoms with Gasteiger partial charge in [0.25, 0.3) is 0 Å². The van der Waals surface area contributed by atoms with Crippen LogP contribution < -0.4 is 0 Å². The Morgan fingerprint density at radius 3 is 1.45 bits per heavy atom. The molecule has 0 atom stereocenters. The SMILES string of the molecule is CC1(C)C(=O)N(C2CCCCC2)CN(C2CCCCC2)C1=O. The molecule has 2 saturated carbocycles. The predicted octanol–water partition coefficient (Wildman–Crippen LogP) is 3.31. The molecule has 3 fully saturated rings. The molecule has 4 heteroatoms. The quantitative estimate of drug-likeness (QED) is 0.734. The summed E-state index contributed by atoms with van der Waals surface area (Å²) in [6.45, 7) is 4.18. The maximum atomic E-state index is 12.9. The van der Waals surface area contributed by atoms with Crippen molar-refractivity contribution in [3.05, 3.63) is 0 Å². The lowest BCUT2D eigenvalue weighted by Crippen LogP contribution is -2.65. The second-order valence-corrected chi connectivity index (χ2v) is 7.90. The molecule has 0 bridgehead atoms. The van der Waals surface area contributed by atoms with Gasteiger partial charge >= 0.3 is 0 Å². The zero-order chi connectivity index (χ0) is 15.7. The van der Waals surface area contributed by atoms with Gasteiger partial charge < -0.3 is 9.80 Å².